The normalized spacial score (nSPS) is 11.6. The van der Waals surface area contributed by atoms with Gasteiger partial charge in [0.1, 0.15) is 0 Å². The lowest BCUT2D eigenvalue weighted by molar-refractivity contribution is 0.0981. The van der Waals surface area contributed by atoms with E-state index in [9.17, 15) is 13.2 Å². The Kier molecular flexibility index (Phi) is 6.23. The number of benzene rings is 3. The molecule has 0 aliphatic heterocycles. The first-order valence-electron chi connectivity index (χ1n) is 9.52. The maximum absolute atomic E-state index is 12.7. The van der Waals surface area contributed by atoms with Gasteiger partial charge >= 0.3 is 0 Å². The Labute approximate surface area is 200 Å². The summed E-state index contributed by atoms with van der Waals surface area (Å²) in [5.74, 6) is -0.726. The highest BCUT2D eigenvalue weighted by molar-refractivity contribution is 7.90. The highest BCUT2D eigenvalue weighted by Crippen LogP contribution is 2.29. The molecule has 0 atom stereocenters. The Balaban J connectivity index is 1.66. The minimum atomic E-state index is -4.04. The summed E-state index contributed by atoms with van der Waals surface area (Å²) >= 11 is 18.1. The summed E-state index contributed by atoms with van der Waals surface area (Å²) in [5.41, 5.74) is 3.83. The number of amides is 1. The van der Waals surface area contributed by atoms with E-state index in [0.29, 0.717) is 21.5 Å². The maximum atomic E-state index is 12.7. The van der Waals surface area contributed by atoms with Crippen LogP contribution in [-0.2, 0) is 16.4 Å². The quantitative estimate of drug-likeness (QED) is 0.340. The number of rotatable bonds is 5. The van der Waals surface area contributed by atoms with Crippen molar-refractivity contribution in [1.82, 2.24) is 9.71 Å². The molecular weight excluding hydrogens is 491 g/mol. The number of sulfonamides is 1. The van der Waals surface area contributed by atoms with Crippen LogP contribution in [0.25, 0.3) is 10.9 Å². The second kappa shape index (κ2) is 8.79. The van der Waals surface area contributed by atoms with Crippen molar-refractivity contribution in [2.75, 3.05) is 0 Å². The molecule has 1 amide bonds. The number of nitrogens with one attached hydrogen (secondary N) is 2. The number of aryl methyl sites for hydroxylation is 1. The summed E-state index contributed by atoms with van der Waals surface area (Å²) in [7, 11) is -4.04. The highest BCUT2D eigenvalue weighted by atomic mass is 35.5. The van der Waals surface area contributed by atoms with Gasteiger partial charge in [-0.1, -0.05) is 40.9 Å². The first-order chi connectivity index (χ1) is 15.1. The molecule has 0 aliphatic carbocycles. The summed E-state index contributed by atoms with van der Waals surface area (Å²) in [6, 6.07) is 15.9. The van der Waals surface area contributed by atoms with Crippen LogP contribution in [0.2, 0.25) is 15.1 Å². The smallest absolute Gasteiger partial charge is 0.265 e. The van der Waals surface area contributed by atoms with Gasteiger partial charge in [-0.2, -0.15) is 0 Å². The van der Waals surface area contributed by atoms with E-state index in [1.807, 2.05) is 13.0 Å². The van der Waals surface area contributed by atoms with E-state index in [-0.39, 0.29) is 10.5 Å². The third-order valence-corrected chi connectivity index (χ3v) is 7.30. The van der Waals surface area contributed by atoms with Crippen LogP contribution in [0.1, 0.15) is 27.2 Å². The fraction of sp³-hybridized carbons (Fsp3) is 0.0870. The molecule has 0 saturated heterocycles. The number of hydrogen-bond acceptors (Lipinski definition) is 3. The third kappa shape index (κ3) is 4.64. The molecule has 0 aliphatic rings. The van der Waals surface area contributed by atoms with Crippen molar-refractivity contribution in [1.29, 1.82) is 0 Å². The summed E-state index contributed by atoms with van der Waals surface area (Å²) in [6.45, 7) is 1.93. The van der Waals surface area contributed by atoms with E-state index in [1.54, 1.807) is 30.3 Å². The molecule has 9 heteroatoms. The van der Waals surface area contributed by atoms with Gasteiger partial charge in [-0.15, -0.1) is 0 Å². The summed E-state index contributed by atoms with van der Waals surface area (Å²) < 4.78 is 27.2. The zero-order valence-electron chi connectivity index (χ0n) is 16.7. The molecule has 1 aromatic heterocycles. The predicted octanol–water partition coefficient (Wildman–Crippen LogP) is 6.15. The average molecular weight is 508 g/mol. The lowest BCUT2D eigenvalue weighted by atomic mass is 10.0. The average Bonchev–Trinajstić information content (AvgIpc) is 3.04. The molecule has 1 heterocycles. The van der Waals surface area contributed by atoms with Gasteiger partial charge in [0.2, 0.25) is 0 Å². The Bertz CT molecular complexity index is 1450. The van der Waals surface area contributed by atoms with Crippen LogP contribution in [0, 0.1) is 6.92 Å². The van der Waals surface area contributed by atoms with Crippen molar-refractivity contribution in [2.24, 2.45) is 0 Å². The van der Waals surface area contributed by atoms with Gasteiger partial charge in [0.05, 0.1) is 4.90 Å². The van der Waals surface area contributed by atoms with Gasteiger partial charge < -0.3 is 4.98 Å². The van der Waals surface area contributed by atoms with Crippen molar-refractivity contribution < 1.29 is 13.2 Å². The number of halogens is 3. The molecule has 0 spiro atoms. The fourth-order valence-electron chi connectivity index (χ4n) is 3.46. The topological polar surface area (TPSA) is 79.0 Å². The molecule has 2 N–H and O–H groups in total. The molecule has 5 nitrogen and oxygen atoms in total. The zero-order chi connectivity index (χ0) is 23.0. The number of carbonyl (C=O) groups excluding carboxylic acids is 1. The Morgan fingerprint density at radius 3 is 2.31 bits per heavy atom. The van der Waals surface area contributed by atoms with Crippen LogP contribution >= 0.6 is 34.8 Å². The largest absolute Gasteiger partial charge is 0.358 e. The van der Waals surface area contributed by atoms with Crippen molar-refractivity contribution in [3.05, 3.63) is 98.1 Å². The van der Waals surface area contributed by atoms with Crippen molar-refractivity contribution in [3.63, 3.8) is 0 Å². The number of aromatic amines is 1. The number of hydrogen-bond donors (Lipinski definition) is 2. The van der Waals surface area contributed by atoms with E-state index in [1.165, 1.54) is 24.3 Å². The van der Waals surface area contributed by atoms with Crippen LogP contribution in [0.4, 0.5) is 0 Å². The van der Waals surface area contributed by atoms with Gasteiger partial charge in [0.25, 0.3) is 15.9 Å². The second-order valence-electron chi connectivity index (χ2n) is 7.29. The van der Waals surface area contributed by atoms with E-state index in [0.717, 1.165) is 27.7 Å². The monoisotopic (exact) mass is 506 g/mol. The van der Waals surface area contributed by atoms with E-state index in [4.69, 9.17) is 34.8 Å². The van der Waals surface area contributed by atoms with Crippen molar-refractivity contribution in [2.45, 2.75) is 18.2 Å². The molecule has 0 unspecified atom stereocenters. The third-order valence-electron chi connectivity index (χ3n) is 5.12. The van der Waals surface area contributed by atoms with Gasteiger partial charge in [0.15, 0.2) is 0 Å². The number of fused-ring (bicyclic) bond motifs is 1. The van der Waals surface area contributed by atoms with Crippen LogP contribution < -0.4 is 4.72 Å². The molecule has 32 heavy (non-hydrogen) atoms. The van der Waals surface area contributed by atoms with E-state index < -0.39 is 15.9 Å². The van der Waals surface area contributed by atoms with Crippen LogP contribution in [0.15, 0.2) is 65.6 Å². The lowest BCUT2D eigenvalue weighted by Gasteiger charge is -2.08. The standard InChI is InChI=1S/C23H17Cl3N2O3S/c1-13-19(10-14-2-4-17(25)12-21(14)26)20-11-15(3-9-22(20)27-13)23(29)28-32(30,31)18-7-5-16(24)6-8-18/h2-9,11-12,27H,10H2,1H3,(H,28,29). The molecule has 4 rings (SSSR count). The summed E-state index contributed by atoms with van der Waals surface area (Å²) in [4.78, 5) is 16.0. The van der Waals surface area contributed by atoms with Crippen LogP contribution in [-0.4, -0.2) is 19.3 Å². The molecule has 164 valence electrons. The maximum Gasteiger partial charge on any atom is 0.265 e. The second-order valence-corrected chi connectivity index (χ2v) is 10.3. The summed E-state index contributed by atoms with van der Waals surface area (Å²) in [6.07, 6.45) is 0.524. The number of aromatic nitrogens is 1. The lowest BCUT2D eigenvalue weighted by Crippen LogP contribution is -2.30. The number of carbonyl (C=O) groups is 1. The molecule has 3 aromatic carbocycles. The molecule has 0 saturated carbocycles. The Morgan fingerprint density at radius 2 is 1.62 bits per heavy atom. The Morgan fingerprint density at radius 1 is 0.938 bits per heavy atom. The van der Waals surface area contributed by atoms with Crippen LogP contribution in [0.5, 0.6) is 0 Å². The van der Waals surface area contributed by atoms with Gasteiger partial charge in [0, 0.05) is 43.6 Å². The minimum absolute atomic E-state index is 0.0492. The zero-order valence-corrected chi connectivity index (χ0v) is 19.8. The predicted molar refractivity (Wildman–Crippen MR) is 128 cm³/mol. The minimum Gasteiger partial charge on any atom is -0.358 e. The molecule has 0 radical (unpaired) electrons. The van der Waals surface area contributed by atoms with E-state index in [2.05, 4.69) is 9.71 Å². The molecule has 0 bridgehead atoms. The molecule has 0 fully saturated rings. The van der Waals surface area contributed by atoms with Crippen molar-refractivity contribution >= 4 is 61.6 Å². The highest BCUT2D eigenvalue weighted by Gasteiger charge is 2.20. The molecule has 4 aromatic rings. The fourth-order valence-corrected chi connectivity index (χ4v) is 5.04. The number of H-pyrrole nitrogens is 1. The van der Waals surface area contributed by atoms with Gasteiger partial charge in [-0.3, -0.25) is 4.79 Å². The first kappa shape index (κ1) is 22.7. The first-order valence-corrected chi connectivity index (χ1v) is 12.1. The molecular formula is C23H17Cl3N2O3S. The van der Waals surface area contributed by atoms with Crippen molar-refractivity contribution in [3.8, 4) is 0 Å². The van der Waals surface area contributed by atoms with E-state index >= 15 is 0 Å². The summed E-state index contributed by atoms with van der Waals surface area (Å²) in [5, 5.41) is 2.31. The van der Waals surface area contributed by atoms with Gasteiger partial charge in [-0.05, 0) is 72.6 Å². The van der Waals surface area contributed by atoms with Crippen LogP contribution in [0.3, 0.4) is 0 Å². The van der Waals surface area contributed by atoms with Gasteiger partial charge in [-0.25, -0.2) is 13.1 Å². The Hall–Kier alpha value is -2.51. The SMILES string of the molecule is Cc1[nH]c2ccc(C(=O)NS(=O)(=O)c3ccc(Cl)cc3)cc2c1Cc1ccc(Cl)cc1Cl.